The molecule has 0 aliphatic rings. The largest absolute Gasteiger partial charge is 0.383 e. The van der Waals surface area contributed by atoms with Gasteiger partial charge in [-0.05, 0) is 18.6 Å². The number of rotatable bonds is 6. The van der Waals surface area contributed by atoms with Crippen molar-refractivity contribution in [2.24, 2.45) is 0 Å². The second kappa shape index (κ2) is 8.26. The molecule has 2 N–H and O–H groups in total. The molecule has 2 aromatic rings. The molecule has 1 amide bonds. The fraction of sp³-hybridized carbons (Fsp3) is 0.111. The number of nitro benzene ring substituents is 1. The zero-order valence-electron chi connectivity index (χ0n) is 13.5. The molecule has 0 aliphatic carbocycles. The van der Waals surface area contributed by atoms with Crippen LogP contribution in [0.4, 0.5) is 11.4 Å². The monoisotopic (exact) mass is 336 g/mol. The van der Waals surface area contributed by atoms with Gasteiger partial charge in [0, 0.05) is 30.1 Å². The van der Waals surface area contributed by atoms with Crippen LogP contribution >= 0.6 is 0 Å². The molecule has 7 nitrogen and oxygen atoms in total. The number of hydrogen-bond acceptors (Lipinski definition) is 5. The Bertz CT molecular complexity index is 841. The van der Waals surface area contributed by atoms with Gasteiger partial charge in [-0.15, -0.1) is 0 Å². The molecule has 2 aromatic carbocycles. The maximum atomic E-state index is 12.2. The van der Waals surface area contributed by atoms with Crippen LogP contribution in [-0.2, 0) is 4.79 Å². The van der Waals surface area contributed by atoms with Gasteiger partial charge in [0.1, 0.15) is 11.6 Å². The Balaban J connectivity index is 2.07. The third-order valence-electron chi connectivity index (χ3n) is 3.46. The van der Waals surface area contributed by atoms with Gasteiger partial charge in [-0.25, -0.2) is 0 Å². The van der Waals surface area contributed by atoms with Gasteiger partial charge in [0.25, 0.3) is 11.6 Å². The summed E-state index contributed by atoms with van der Waals surface area (Å²) in [4.78, 5) is 22.4. The molecule has 0 bridgehead atoms. The van der Waals surface area contributed by atoms with Gasteiger partial charge in [-0.2, -0.15) is 5.26 Å². The molecule has 0 aliphatic heterocycles. The highest BCUT2D eigenvalue weighted by atomic mass is 16.6. The Morgan fingerprint density at radius 3 is 2.60 bits per heavy atom. The van der Waals surface area contributed by atoms with Crippen molar-refractivity contribution in [1.82, 2.24) is 5.32 Å². The van der Waals surface area contributed by atoms with E-state index in [0.29, 0.717) is 0 Å². The lowest BCUT2D eigenvalue weighted by Crippen LogP contribution is -2.18. The Labute approximate surface area is 144 Å². The Morgan fingerprint density at radius 2 is 1.96 bits per heavy atom. The van der Waals surface area contributed by atoms with Crippen LogP contribution in [0.1, 0.15) is 18.5 Å². The van der Waals surface area contributed by atoms with Crippen LogP contribution in [0.3, 0.4) is 0 Å². The van der Waals surface area contributed by atoms with E-state index in [2.05, 4.69) is 10.6 Å². The quantitative estimate of drug-likeness (QED) is 0.364. The topological polar surface area (TPSA) is 108 Å². The van der Waals surface area contributed by atoms with Crippen LogP contribution in [0, 0.1) is 21.4 Å². The molecule has 0 saturated carbocycles. The van der Waals surface area contributed by atoms with E-state index in [9.17, 15) is 20.2 Å². The van der Waals surface area contributed by atoms with Gasteiger partial charge in [-0.3, -0.25) is 14.9 Å². The summed E-state index contributed by atoms with van der Waals surface area (Å²) in [5.41, 5.74) is 0.983. The summed E-state index contributed by atoms with van der Waals surface area (Å²) in [7, 11) is 0. The summed E-state index contributed by atoms with van der Waals surface area (Å²) in [5.74, 6) is -0.643. The van der Waals surface area contributed by atoms with Crippen LogP contribution in [0.2, 0.25) is 0 Å². The van der Waals surface area contributed by atoms with Gasteiger partial charge in [0.05, 0.1) is 4.92 Å². The van der Waals surface area contributed by atoms with Gasteiger partial charge >= 0.3 is 0 Å². The molecule has 0 heterocycles. The van der Waals surface area contributed by atoms with Crippen molar-refractivity contribution in [1.29, 1.82) is 5.26 Å². The van der Waals surface area contributed by atoms with Crippen molar-refractivity contribution in [3.63, 3.8) is 0 Å². The van der Waals surface area contributed by atoms with Crippen molar-refractivity contribution in [3.8, 4) is 6.07 Å². The number of nitrogens with zero attached hydrogens (tertiary/aromatic N) is 2. The molecule has 1 atom stereocenters. The van der Waals surface area contributed by atoms with E-state index in [0.717, 1.165) is 5.56 Å². The van der Waals surface area contributed by atoms with E-state index in [4.69, 9.17) is 0 Å². The number of nitriles is 1. The summed E-state index contributed by atoms with van der Waals surface area (Å²) < 4.78 is 0. The van der Waals surface area contributed by atoms with E-state index in [-0.39, 0.29) is 23.0 Å². The Hall–Kier alpha value is -3.66. The minimum atomic E-state index is -0.643. The van der Waals surface area contributed by atoms with Gasteiger partial charge in [0.15, 0.2) is 0 Å². The molecule has 0 fully saturated rings. The predicted octanol–water partition coefficient (Wildman–Crippen LogP) is 3.29. The molecule has 0 radical (unpaired) electrons. The predicted molar refractivity (Wildman–Crippen MR) is 93.4 cm³/mol. The van der Waals surface area contributed by atoms with Gasteiger partial charge < -0.3 is 10.6 Å². The Kier molecular flexibility index (Phi) is 5.85. The fourth-order valence-electron chi connectivity index (χ4n) is 2.09. The number of nitro groups is 1. The number of benzene rings is 2. The molecule has 0 spiro atoms. The molecule has 126 valence electrons. The van der Waals surface area contributed by atoms with E-state index in [1.54, 1.807) is 0 Å². The van der Waals surface area contributed by atoms with Crippen LogP contribution in [0.5, 0.6) is 0 Å². The average Bonchev–Trinajstić information content (AvgIpc) is 2.63. The third-order valence-corrected chi connectivity index (χ3v) is 3.46. The van der Waals surface area contributed by atoms with Crippen LogP contribution in [-0.4, -0.2) is 10.8 Å². The minimum Gasteiger partial charge on any atom is -0.383 e. The normalized spacial score (nSPS) is 11.9. The van der Waals surface area contributed by atoms with Crippen molar-refractivity contribution in [3.05, 3.63) is 82.0 Å². The zero-order chi connectivity index (χ0) is 18.2. The summed E-state index contributed by atoms with van der Waals surface area (Å²) in [6, 6.07) is 16.8. The van der Waals surface area contributed by atoms with E-state index < -0.39 is 10.8 Å². The molecule has 0 aromatic heterocycles. The number of hydrogen-bond donors (Lipinski definition) is 2. The van der Waals surface area contributed by atoms with Crippen LogP contribution < -0.4 is 10.6 Å². The second-order valence-corrected chi connectivity index (χ2v) is 5.23. The summed E-state index contributed by atoms with van der Waals surface area (Å²) in [5, 5.41) is 25.4. The van der Waals surface area contributed by atoms with Gasteiger partial charge in [0.2, 0.25) is 0 Å². The number of amides is 1. The van der Waals surface area contributed by atoms with Gasteiger partial charge in [-0.1, -0.05) is 36.4 Å². The van der Waals surface area contributed by atoms with E-state index >= 15 is 0 Å². The number of anilines is 1. The van der Waals surface area contributed by atoms with Crippen molar-refractivity contribution in [2.75, 3.05) is 5.32 Å². The maximum Gasteiger partial charge on any atom is 0.271 e. The third kappa shape index (κ3) is 4.91. The maximum absolute atomic E-state index is 12.2. The highest BCUT2D eigenvalue weighted by Crippen LogP contribution is 2.17. The first-order chi connectivity index (χ1) is 12.0. The molecule has 1 unspecified atom stereocenters. The summed E-state index contributed by atoms with van der Waals surface area (Å²) in [6.07, 6.45) is 1.34. The number of carbonyl (C=O) groups is 1. The summed E-state index contributed by atoms with van der Waals surface area (Å²) >= 11 is 0. The second-order valence-electron chi connectivity index (χ2n) is 5.23. The molecule has 2 rings (SSSR count). The molecular formula is C18H16N4O3. The highest BCUT2D eigenvalue weighted by molar-refractivity contribution is 6.06. The lowest BCUT2D eigenvalue weighted by Gasteiger charge is -2.12. The van der Waals surface area contributed by atoms with Crippen LogP contribution in [0.15, 0.2) is 66.4 Å². The first-order valence-electron chi connectivity index (χ1n) is 7.48. The SMILES string of the molecule is CC(N/C=C(/C#N)C(=O)Nc1cccc([N+](=O)[O-])c1)c1ccccc1. The van der Waals surface area contributed by atoms with E-state index in [1.165, 1.54) is 30.5 Å². The van der Waals surface area contributed by atoms with Crippen molar-refractivity contribution < 1.29 is 9.72 Å². The average molecular weight is 336 g/mol. The summed E-state index contributed by atoms with van der Waals surface area (Å²) in [6.45, 7) is 1.90. The number of non-ortho nitro benzene ring substituents is 1. The molecular weight excluding hydrogens is 320 g/mol. The standard InChI is InChI=1S/C18H16N4O3/c1-13(14-6-3-2-4-7-14)20-12-15(11-19)18(23)21-16-8-5-9-17(10-16)22(24)25/h2-10,12-13,20H,1H3,(H,21,23)/b15-12-. The molecule has 0 saturated heterocycles. The Morgan fingerprint density at radius 1 is 1.24 bits per heavy atom. The first-order valence-corrected chi connectivity index (χ1v) is 7.48. The van der Waals surface area contributed by atoms with Crippen LogP contribution in [0.25, 0.3) is 0 Å². The fourth-order valence-corrected chi connectivity index (χ4v) is 2.09. The van der Waals surface area contributed by atoms with Crippen molar-refractivity contribution >= 4 is 17.3 Å². The molecule has 7 heteroatoms. The van der Waals surface area contributed by atoms with E-state index in [1.807, 2.05) is 43.3 Å². The lowest BCUT2D eigenvalue weighted by molar-refractivity contribution is -0.384. The highest BCUT2D eigenvalue weighted by Gasteiger charge is 2.12. The number of nitrogens with one attached hydrogen (secondary N) is 2. The smallest absolute Gasteiger partial charge is 0.271 e. The zero-order valence-corrected chi connectivity index (χ0v) is 13.5. The first kappa shape index (κ1) is 17.7. The number of carbonyl (C=O) groups excluding carboxylic acids is 1. The van der Waals surface area contributed by atoms with Crippen molar-refractivity contribution in [2.45, 2.75) is 13.0 Å². The lowest BCUT2D eigenvalue weighted by atomic mass is 10.1. The molecule has 25 heavy (non-hydrogen) atoms. The minimum absolute atomic E-state index is 0.0878.